The molecule has 0 heteroatoms. The van der Waals surface area contributed by atoms with Crippen LogP contribution in [-0.4, -0.2) is 0 Å². The normalized spacial score (nSPS) is 6.48. The molecule has 0 amide bonds. The fourth-order valence-electron chi connectivity index (χ4n) is 0.530. The SMILES string of the molecule is C.C.C.C.C.C.C.C=C(CC)C(C)(C)C.CC.CC.CC.CC.CCC(C)(C)C. The Bertz CT molecular complexity index is 150. The van der Waals surface area contributed by atoms with Crippen LogP contribution in [0.1, 0.15) is 176 Å². The summed E-state index contributed by atoms with van der Waals surface area (Å²) in [6.45, 7) is 37.6. The molecule has 0 nitrogen and oxygen atoms in total. The van der Waals surface area contributed by atoms with E-state index in [-0.39, 0.29) is 52.0 Å². The van der Waals surface area contributed by atoms with Crippen LogP contribution in [0.4, 0.5) is 0 Å². The molecule has 0 rings (SSSR count). The largest absolute Gasteiger partial charge is 0.0993 e. The maximum atomic E-state index is 3.94. The van der Waals surface area contributed by atoms with Crippen LogP contribution in [-0.2, 0) is 0 Å². The first-order valence-electron chi connectivity index (χ1n) is 9.72. The van der Waals surface area contributed by atoms with Gasteiger partial charge in [-0.3, -0.25) is 0 Å². The Morgan fingerprint density at radius 3 is 0.655 bits per heavy atom. The van der Waals surface area contributed by atoms with Crippen molar-refractivity contribution >= 4 is 0 Å². The van der Waals surface area contributed by atoms with E-state index in [0.29, 0.717) is 10.8 Å². The Kier molecular flexibility index (Phi) is 218. The van der Waals surface area contributed by atoms with Crippen LogP contribution in [0.5, 0.6) is 0 Å². The third-order valence-electron chi connectivity index (χ3n) is 2.55. The van der Waals surface area contributed by atoms with Gasteiger partial charge in [-0.2, -0.15) is 0 Å². The number of allylic oxidation sites excluding steroid dienone is 1. The summed E-state index contributed by atoms with van der Waals surface area (Å²) < 4.78 is 0. The molecule has 0 bridgehead atoms. The zero-order chi connectivity index (χ0) is 20.0. The van der Waals surface area contributed by atoms with Gasteiger partial charge in [0.15, 0.2) is 0 Å². The minimum absolute atomic E-state index is 0. The van der Waals surface area contributed by atoms with Gasteiger partial charge in [-0.05, 0) is 17.3 Å². The van der Waals surface area contributed by atoms with Gasteiger partial charge in [-0.1, -0.05) is 181 Å². The summed E-state index contributed by atoms with van der Waals surface area (Å²) in [6, 6.07) is 0. The third kappa shape index (κ3) is 159. The first-order valence-corrected chi connectivity index (χ1v) is 9.72. The Morgan fingerprint density at radius 2 is 0.655 bits per heavy atom. The average molecular weight is 431 g/mol. The van der Waals surface area contributed by atoms with E-state index in [9.17, 15) is 0 Å². The van der Waals surface area contributed by atoms with Gasteiger partial charge >= 0.3 is 0 Å². The van der Waals surface area contributed by atoms with Crippen LogP contribution in [0.15, 0.2) is 12.2 Å². The monoisotopic (exact) mass is 431 g/mol. The molecule has 29 heavy (non-hydrogen) atoms. The van der Waals surface area contributed by atoms with Gasteiger partial charge in [-0.15, -0.1) is 0 Å². The Hall–Kier alpha value is -0.260. The summed E-state index contributed by atoms with van der Waals surface area (Å²) in [5.41, 5.74) is 2.19. The van der Waals surface area contributed by atoms with E-state index >= 15 is 0 Å². The van der Waals surface area contributed by atoms with Gasteiger partial charge in [0.1, 0.15) is 0 Å². The quantitative estimate of drug-likeness (QED) is 0.362. The maximum absolute atomic E-state index is 3.94. The lowest BCUT2D eigenvalue weighted by Crippen LogP contribution is -2.06. The van der Waals surface area contributed by atoms with Crippen LogP contribution < -0.4 is 0 Å². The number of rotatable bonds is 1. The molecule has 0 radical (unpaired) electrons. The summed E-state index contributed by atoms with van der Waals surface area (Å²) in [6.07, 6.45) is 2.37. The lowest BCUT2D eigenvalue weighted by atomic mass is 9.86. The Labute approximate surface area is 198 Å². The van der Waals surface area contributed by atoms with Crippen molar-refractivity contribution < 1.29 is 0 Å². The van der Waals surface area contributed by atoms with Gasteiger partial charge in [0.25, 0.3) is 0 Å². The fraction of sp³-hybridized carbons (Fsp3) is 0.931. The summed E-state index contributed by atoms with van der Waals surface area (Å²) in [7, 11) is 0. The molecule has 0 spiro atoms. The molecule has 0 atom stereocenters. The van der Waals surface area contributed by atoms with Crippen molar-refractivity contribution in [3.63, 3.8) is 0 Å². The van der Waals surface area contributed by atoms with E-state index in [2.05, 4.69) is 62.0 Å². The topological polar surface area (TPSA) is 0 Å². The van der Waals surface area contributed by atoms with Crippen molar-refractivity contribution in [3.05, 3.63) is 12.2 Å². The maximum Gasteiger partial charge on any atom is -0.0176 e. The summed E-state index contributed by atoms with van der Waals surface area (Å²) in [4.78, 5) is 0. The lowest BCUT2D eigenvalue weighted by Gasteiger charge is -2.19. The highest BCUT2D eigenvalue weighted by atomic mass is 14.2. The molecule has 0 N–H and O–H groups in total. The smallest absolute Gasteiger partial charge is 0.0176 e. The summed E-state index contributed by atoms with van der Waals surface area (Å²) >= 11 is 0. The van der Waals surface area contributed by atoms with Crippen LogP contribution in [0.2, 0.25) is 0 Å². The highest BCUT2D eigenvalue weighted by molar-refractivity contribution is 5.03. The minimum atomic E-state index is 0. The van der Waals surface area contributed by atoms with Crippen molar-refractivity contribution in [2.24, 2.45) is 10.8 Å². The van der Waals surface area contributed by atoms with Gasteiger partial charge in [0.2, 0.25) is 0 Å². The Morgan fingerprint density at radius 1 is 0.517 bits per heavy atom. The third-order valence-corrected chi connectivity index (χ3v) is 2.55. The molecular weight excluding hydrogens is 348 g/mol. The molecule has 0 saturated carbocycles. The Balaban J connectivity index is -0.0000000102. The van der Waals surface area contributed by atoms with Crippen molar-refractivity contribution in [1.82, 2.24) is 0 Å². The van der Waals surface area contributed by atoms with Crippen LogP contribution in [0, 0.1) is 10.8 Å². The highest BCUT2D eigenvalue weighted by Gasteiger charge is 2.11. The zero-order valence-corrected chi connectivity index (χ0v) is 19.6. The molecule has 198 valence electrons. The second-order valence-electron chi connectivity index (χ2n) is 6.12. The first kappa shape index (κ1) is 89.3. The van der Waals surface area contributed by atoms with Crippen molar-refractivity contribution in [1.29, 1.82) is 0 Å². The molecule has 0 saturated heterocycles. The second-order valence-corrected chi connectivity index (χ2v) is 6.12. The van der Waals surface area contributed by atoms with Crippen LogP contribution in [0.3, 0.4) is 0 Å². The van der Waals surface area contributed by atoms with E-state index in [1.165, 1.54) is 12.0 Å². The molecule has 0 aromatic carbocycles. The molecule has 0 aliphatic carbocycles. The van der Waals surface area contributed by atoms with Gasteiger partial charge < -0.3 is 0 Å². The van der Waals surface area contributed by atoms with E-state index in [4.69, 9.17) is 0 Å². The van der Waals surface area contributed by atoms with Crippen LogP contribution in [0.25, 0.3) is 0 Å². The molecule has 0 heterocycles. The van der Waals surface area contributed by atoms with Crippen molar-refractivity contribution in [2.45, 2.75) is 176 Å². The summed E-state index contributed by atoms with van der Waals surface area (Å²) in [5.74, 6) is 0. The predicted octanol–water partition coefficient (Wildman–Crippen LogP) is 14.0. The zero-order valence-electron chi connectivity index (χ0n) is 19.6. The number of hydrogen-bond donors (Lipinski definition) is 0. The van der Waals surface area contributed by atoms with Crippen molar-refractivity contribution in [2.75, 3.05) is 0 Å². The van der Waals surface area contributed by atoms with Gasteiger partial charge in [0.05, 0.1) is 0 Å². The standard InChI is InChI=1S/C8H16.C6H14.4C2H6.7CH4/c1-6-7(2)8(3,4)5;1-5-6(2,3)4;4*1-2;;;;;;;/h2,6H2,1,3-5H3;5H2,1-4H3;4*1-2H3;7*1H4. The minimum Gasteiger partial charge on any atom is -0.0993 e. The molecule has 0 aliphatic rings. The number of hydrogen-bond acceptors (Lipinski definition) is 0. The average Bonchev–Trinajstić information content (AvgIpc) is 2.53. The molecule has 0 fully saturated rings. The summed E-state index contributed by atoms with van der Waals surface area (Å²) in [5, 5.41) is 0. The van der Waals surface area contributed by atoms with Crippen molar-refractivity contribution in [3.8, 4) is 0 Å². The predicted molar refractivity (Wildman–Crippen MR) is 161 cm³/mol. The van der Waals surface area contributed by atoms with Crippen LogP contribution >= 0.6 is 0 Å². The lowest BCUT2D eigenvalue weighted by molar-refractivity contribution is 0.398. The van der Waals surface area contributed by atoms with E-state index in [1.807, 2.05) is 55.4 Å². The van der Waals surface area contributed by atoms with E-state index < -0.39 is 0 Å². The second kappa shape index (κ2) is 70.8. The molecule has 0 unspecified atom stereocenters. The highest BCUT2D eigenvalue weighted by Crippen LogP contribution is 2.25. The molecule has 0 aromatic rings. The first-order chi connectivity index (χ1) is 10.0. The van der Waals surface area contributed by atoms with E-state index in [0.717, 1.165) is 6.42 Å². The molecule has 0 aromatic heterocycles. The van der Waals surface area contributed by atoms with E-state index in [1.54, 1.807) is 0 Å². The molecule has 0 aliphatic heterocycles. The van der Waals surface area contributed by atoms with Gasteiger partial charge in [0, 0.05) is 0 Å². The fourth-order valence-corrected chi connectivity index (χ4v) is 0.530. The molecular formula is C29H82. The van der Waals surface area contributed by atoms with Gasteiger partial charge in [-0.25, -0.2) is 0 Å².